The first-order chi connectivity index (χ1) is 7.35. The van der Waals surface area contributed by atoms with Crippen LogP contribution in [0.1, 0.15) is 12.1 Å². The lowest BCUT2D eigenvalue weighted by molar-refractivity contribution is 0.438. The van der Waals surface area contributed by atoms with Gasteiger partial charge in [-0.2, -0.15) is 0 Å². The fraction of sp³-hybridized carbons (Fsp3) is 0.154. The molecule has 2 rings (SSSR count). The molecular formula is C13H13NO. The van der Waals surface area contributed by atoms with E-state index in [2.05, 4.69) is 18.1 Å². The van der Waals surface area contributed by atoms with Crippen LogP contribution in [0.5, 0.6) is 5.75 Å². The third-order valence-corrected chi connectivity index (χ3v) is 2.45. The van der Waals surface area contributed by atoms with Crippen LogP contribution < -0.4 is 4.74 Å². The van der Waals surface area contributed by atoms with Crippen LogP contribution in [0.15, 0.2) is 55.0 Å². The van der Waals surface area contributed by atoms with Crippen molar-refractivity contribution in [1.82, 2.24) is 4.98 Å². The maximum Gasteiger partial charge on any atom is 0.148 e. The average Bonchev–Trinajstić information content (AvgIpc) is 2.47. The van der Waals surface area contributed by atoms with Gasteiger partial charge in [-0.05, 0) is 36.6 Å². The van der Waals surface area contributed by atoms with Gasteiger partial charge in [0.2, 0.25) is 0 Å². The van der Waals surface area contributed by atoms with Gasteiger partial charge < -0.3 is 4.74 Å². The third-order valence-electron chi connectivity index (χ3n) is 2.45. The van der Waals surface area contributed by atoms with Gasteiger partial charge in [0.15, 0.2) is 0 Å². The van der Waals surface area contributed by atoms with E-state index in [9.17, 15) is 0 Å². The largest absolute Gasteiger partial charge is 0.455 e. The summed E-state index contributed by atoms with van der Waals surface area (Å²) in [6.45, 7) is 7.53. The maximum absolute atomic E-state index is 5.74. The molecule has 2 nitrogen and oxygen atoms in total. The number of nitrogens with zero attached hydrogens (tertiary/aromatic N) is 1. The Labute approximate surface area is 89.6 Å². The first-order valence-corrected chi connectivity index (χ1v) is 4.95. The number of aryl methyl sites for hydroxylation is 1. The Morgan fingerprint density at radius 2 is 2.13 bits per heavy atom. The summed E-state index contributed by atoms with van der Waals surface area (Å²) in [5.41, 5.74) is 2.08. The summed E-state index contributed by atoms with van der Waals surface area (Å²) in [6, 6.07) is 3.80. The van der Waals surface area contributed by atoms with Gasteiger partial charge in [-0.1, -0.05) is 19.2 Å². The molecule has 1 aliphatic rings. The standard InChI is InChI=1S/C13H13NO/c1-3-10-7-8-11-13(6-5-9-14-11)15-12(10)4-2/h3-6,9H,1-2,7-8H2. The van der Waals surface area contributed by atoms with Crippen LogP contribution in [-0.4, -0.2) is 4.98 Å². The van der Waals surface area contributed by atoms with Crippen molar-refractivity contribution in [2.45, 2.75) is 12.8 Å². The number of hydrogen-bond acceptors (Lipinski definition) is 2. The summed E-state index contributed by atoms with van der Waals surface area (Å²) in [7, 11) is 0. The highest BCUT2D eigenvalue weighted by molar-refractivity contribution is 5.38. The van der Waals surface area contributed by atoms with Gasteiger partial charge in [0.1, 0.15) is 11.5 Å². The fourth-order valence-corrected chi connectivity index (χ4v) is 1.64. The van der Waals surface area contributed by atoms with Crippen LogP contribution in [0, 0.1) is 0 Å². The number of fused-ring (bicyclic) bond motifs is 1. The summed E-state index contributed by atoms with van der Waals surface area (Å²) < 4.78 is 5.74. The predicted molar refractivity (Wildman–Crippen MR) is 60.6 cm³/mol. The van der Waals surface area contributed by atoms with E-state index in [0.717, 1.165) is 35.6 Å². The zero-order valence-electron chi connectivity index (χ0n) is 8.57. The van der Waals surface area contributed by atoms with E-state index in [0.29, 0.717) is 0 Å². The van der Waals surface area contributed by atoms with Crippen LogP contribution in [0.25, 0.3) is 0 Å². The highest BCUT2D eigenvalue weighted by Crippen LogP contribution is 2.27. The molecule has 0 aliphatic carbocycles. The molecule has 0 atom stereocenters. The number of hydrogen-bond donors (Lipinski definition) is 0. The van der Waals surface area contributed by atoms with Crippen molar-refractivity contribution < 1.29 is 4.74 Å². The first-order valence-electron chi connectivity index (χ1n) is 4.95. The molecule has 1 aromatic rings. The van der Waals surface area contributed by atoms with Gasteiger partial charge in [0, 0.05) is 6.20 Å². The minimum Gasteiger partial charge on any atom is -0.455 e. The second-order valence-corrected chi connectivity index (χ2v) is 3.35. The molecule has 76 valence electrons. The van der Waals surface area contributed by atoms with Gasteiger partial charge >= 0.3 is 0 Å². The molecule has 2 heteroatoms. The number of aromatic nitrogens is 1. The zero-order chi connectivity index (χ0) is 10.7. The van der Waals surface area contributed by atoms with Gasteiger partial charge in [-0.3, -0.25) is 4.98 Å². The van der Waals surface area contributed by atoms with Crippen molar-refractivity contribution in [1.29, 1.82) is 0 Å². The molecule has 0 unspecified atom stereocenters. The smallest absolute Gasteiger partial charge is 0.148 e. The van der Waals surface area contributed by atoms with Gasteiger partial charge in [-0.25, -0.2) is 0 Å². The molecule has 0 aromatic carbocycles. The van der Waals surface area contributed by atoms with E-state index in [1.54, 1.807) is 12.3 Å². The molecule has 0 N–H and O–H groups in total. The third kappa shape index (κ3) is 1.84. The summed E-state index contributed by atoms with van der Waals surface area (Å²) >= 11 is 0. The van der Waals surface area contributed by atoms with E-state index < -0.39 is 0 Å². The number of rotatable bonds is 2. The van der Waals surface area contributed by atoms with E-state index in [1.165, 1.54) is 0 Å². The molecule has 15 heavy (non-hydrogen) atoms. The van der Waals surface area contributed by atoms with Crippen LogP contribution in [-0.2, 0) is 6.42 Å². The number of allylic oxidation sites excluding steroid dienone is 3. The molecule has 0 spiro atoms. The Kier molecular flexibility index (Phi) is 2.68. The average molecular weight is 199 g/mol. The normalized spacial score (nSPS) is 14.9. The highest BCUT2D eigenvalue weighted by Gasteiger charge is 2.13. The molecule has 1 aromatic heterocycles. The minimum absolute atomic E-state index is 0.789. The molecular weight excluding hydrogens is 186 g/mol. The van der Waals surface area contributed by atoms with Crippen molar-refractivity contribution in [3.8, 4) is 5.75 Å². The molecule has 0 saturated carbocycles. The Morgan fingerprint density at radius 1 is 1.27 bits per heavy atom. The molecule has 1 aliphatic heterocycles. The van der Waals surface area contributed by atoms with Crippen molar-refractivity contribution in [3.05, 3.63) is 60.7 Å². The molecule has 0 amide bonds. The van der Waals surface area contributed by atoms with Crippen LogP contribution in [0.4, 0.5) is 0 Å². The Morgan fingerprint density at radius 3 is 2.87 bits per heavy atom. The van der Waals surface area contributed by atoms with Crippen LogP contribution in [0.3, 0.4) is 0 Å². The van der Waals surface area contributed by atoms with Crippen molar-refractivity contribution in [2.75, 3.05) is 0 Å². The number of ether oxygens (including phenoxy) is 1. The van der Waals surface area contributed by atoms with Crippen LogP contribution in [0.2, 0.25) is 0 Å². The summed E-state index contributed by atoms with van der Waals surface area (Å²) in [4.78, 5) is 4.30. The highest BCUT2D eigenvalue weighted by atomic mass is 16.5. The zero-order valence-corrected chi connectivity index (χ0v) is 8.57. The van der Waals surface area contributed by atoms with Crippen molar-refractivity contribution >= 4 is 0 Å². The molecule has 0 bridgehead atoms. The molecule has 0 fully saturated rings. The summed E-state index contributed by atoms with van der Waals surface area (Å²) in [6.07, 6.45) is 7.11. The number of pyridine rings is 1. The van der Waals surface area contributed by atoms with Crippen molar-refractivity contribution in [3.63, 3.8) is 0 Å². The Balaban J connectivity index is 2.43. The lowest BCUT2D eigenvalue weighted by Gasteiger charge is -2.07. The summed E-state index contributed by atoms with van der Waals surface area (Å²) in [5.74, 6) is 1.61. The fourth-order valence-electron chi connectivity index (χ4n) is 1.64. The topological polar surface area (TPSA) is 22.1 Å². The lowest BCUT2D eigenvalue weighted by atomic mass is 10.1. The molecule has 2 heterocycles. The Bertz CT molecular complexity index is 432. The van der Waals surface area contributed by atoms with Crippen LogP contribution >= 0.6 is 0 Å². The summed E-state index contributed by atoms with van der Waals surface area (Å²) in [5, 5.41) is 0. The van der Waals surface area contributed by atoms with E-state index in [4.69, 9.17) is 4.74 Å². The molecule has 0 saturated heterocycles. The minimum atomic E-state index is 0.789. The van der Waals surface area contributed by atoms with E-state index in [1.807, 2.05) is 18.2 Å². The SMILES string of the molecule is C=CC1=C(C=C)Oc2cccnc2CC1. The van der Waals surface area contributed by atoms with E-state index >= 15 is 0 Å². The second-order valence-electron chi connectivity index (χ2n) is 3.35. The predicted octanol–water partition coefficient (Wildman–Crippen LogP) is 3.03. The quantitative estimate of drug-likeness (QED) is 0.730. The monoisotopic (exact) mass is 199 g/mol. The van der Waals surface area contributed by atoms with Gasteiger partial charge in [0.25, 0.3) is 0 Å². The Hall–Kier alpha value is -1.83. The molecule has 0 radical (unpaired) electrons. The lowest BCUT2D eigenvalue weighted by Crippen LogP contribution is -1.95. The van der Waals surface area contributed by atoms with Gasteiger partial charge in [0.05, 0.1) is 5.69 Å². The van der Waals surface area contributed by atoms with E-state index in [-0.39, 0.29) is 0 Å². The maximum atomic E-state index is 5.74. The first kappa shape index (κ1) is 9.71. The second kappa shape index (κ2) is 4.13. The van der Waals surface area contributed by atoms with Gasteiger partial charge in [-0.15, -0.1) is 0 Å². The van der Waals surface area contributed by atoms with Crippen molar-refractivity contribution in [2.24, 2.45) is 0 Å².